The summed E-state index contributed by atoms with van der Waals surface area (Å²) in [6, 6.07) is 9.98. The molecular weight excluding hydrogens is 364 g/mol. The van der Waals surface area contributed by atoms with Gasteiger partial charge in [-0.15, -0.1) is 0 Å². The van der Waals surface area contributed by atoms with E-state index in [1.165, 1.54) is 0 Å². The summed E-state index contributed by atoms with van der Waals surface area (Å²) >= 11 is 0. The second kappa shape index (κ2) is 11.1. The van der Waals surface area contributed by atoms with E-state index in [2.05, 4.69) is 0 Å². The van der Waals surface area contributed by atoms with Crippen molar-refractivity contribution >= 4 is 11.8 Å². The molecule has 0 amide bonds. The number of hydrogen-bond acceptors (Lipinski definition) is 3. The summed E-state index contributed by atoms with van der Waals surface area (Å²) in [6.45, 7) is 3.97. The van der Waals surface area contributed by atoms with Crippen molar-refractivity contribution in [1.82, 2.24) is 0 Å². The fraction of sp³-hybridized carbons (Fsp3) is 0.520. The molecular formula is C25H34O4. The van der Waals surface area contributed by atoms with Gasteiger partial charge in [-0.2, -0.15) is 0 Å². The topological polar surface area (TPSA) is 74.6 Å². The summed E-state index contributed by atoms with van der Waals surface area (Å²) in [5.74, 6) is -1.000. The molecule has 4 nitrogen and oxygen atoms in total. The summed E-state index contributed by atoms with van der Waals surface area (Å²) in [7, 11) is 0. The van der Waals surface area contributed by atoms with Crippen molar-refractivity contribution in [2.24, 2.45) is 17.3 Å². The van der Waals surface area contributed by atoms with Crippen LogP contribution >= 0.6 is 0 Å². The van der Waals surface area contributed by atoms with Gasteiger partial charge < -0.3 is 10.2 Å². The number of carbonyl (C=O) groups excluding carboxylic acids is 1. The third-order valence-electron chi connectivity index (χ3n) is 5.81. The lowest BCUT2D eigenvalue weighted by atomic mass is 9.80. The molecule has 29 heavy (non-hydrogen) atoms. The third-order valence-corrected chi connectivity index (χ3v) is 5.81. The Morgan fingerprint density at radius 1 is 1.21 bits per heavy atom. The van der Waals surface area contributed by atoms with Crippen LogP contribution in [0.15, 0.2) is 54.6 Å². The number of aliphatic hydroxyl groups excluding tert-OH is 1. The molecule has 2 N–H and O–H groups in total. The van der Waals surface area contributed by atoms with E-state index in [0.717, 1.165) is 24.8 Å². The van der Waals surface area contributed by atoms with Gasteiger partial charge in [0, 0.05) is 12.3 Å². The molecule has 0 unspecified atom stereocenters. The highest BCUT2D eigenvalue weighted by atomic mass is 16.4. The number of carboxylic acids is 1. The normalized spacial score (nSPS) is 19.8. The van der Waals surface area contributed by atoms with E-state index >= 15 is 0 Å². The van der Waals surface area contributed by atoms with Gasteiger partial charge in [0.05, 0.1) is 12.0 Å². The summed E-state index contributed by atoms with van der Waals surface area (Å²) in [6.07, 6.45) is 11.8. The molecule has 0 spiro atoms. The molecule has 1 aliphatic rings. The lowest BCUT2D eigenvalue weighted by Gasteiger charge is -2.29. The highest BCUT2D eigenvalue weighted by Gasteiger charge is 2.27. The number of aliphatic carboxylic acids is 1. The van der Waals surface area contributed by atoms with E-state index in [0.29, 0.717) is 31.5 Å². The largest absolute Gasteiger partial charge is 0.481 e. The average Bonchev–Trinajstić information content (AvgIpc) is 3.08. The van der Waals surface area contributed by atoms with Crippen molar-refractivity contribution in [2.75, 3.05) is 0 Å². The monoisotopic (exact) mass is 398 g/mol. The molecule has 158 valence electrons. The average molecular weight is 399 g/mol. The van der Waals surface area contributed by atoms with Gasteiger partial charge in [0.15, 0.2) is 0 Å². The Morgan fingerprint density at radius 3 is 2.55 bits per heavy atom. The van der Waals surface area contributed by atoms with Crippen LogP contribution in [0.4, 0.5) is 0 Å². The Bertz CT molecular complexity index is 718. The first-order valence-electron chi connectivity index (χ1n) is 10.6. The molecule has 0 radical (unpaired) electrons. The number of ketones is 1. The number of Topliss-reactive ketones (excluding diaryl/α,β-unsaturated/α-hetero) is 1. The number of rotatable bonds is 11. The fourth-order valence-electron chi connectivity index (χ4n) is 3.82. The number of hydrogen-bond donors (Lipinski definition) is 2. The van der Waals surface area contributed by atoms with Crippen LogP contribution in [0.5, 0.6) is 0 Å². The van der Waals surface area contributed by atoms with E-state index in [-0.39, 0.29) is 5.92 Å². The Morgan fingerprint density at radius 2 is 1.93 bits per heavy atom. The zero-order chi connectivity index (χ0) is 21.3. The number of carbonyl (C=O) groups is 2. The molecule has 1 aromatic carbocycles. The Labute approximate surface area is 174 Å². The van der Waals surface area contributed by atoms with Gasteiger partial charge >= 0.3 is 5.97 Å². The van der Waals surface area contributed by atoms with Crippen LogP contribution in [-0.4, -0.2) is 28.1 Å². The standard InChI is InChI=1S/C25H34O4/c1-25(2,18-19-10-5-3-6-11-19)23(27)17-16-21(24(28)29)13-8-4-7-12-20-14-9-15-22(20)26/h3-7,10-11,16-17,20-21,23,27H,8-9,12-15,18H2,1-2H3,(H,28,29)/t20-,21+,23-/m1/s1. The quantitative estimate of drug-likeness (QED) is 0.516. The van der Waals surface area contributed by atoms with Crippen LogP contribution in [0, 0.1) is 17.3 Å². The van der Waals surface area contributed by atoms with Gasteiger partial charge in [-0.1, -0.05) is 68.5 Å². The maximum Gasteiger partial charge on any atom is 0.310 e. The van der Waals surface area contributed by atoms with Crippen LogP contribution in [0.2, 0.25) is 0 Å². The summed E-state index contributed by atoms with van der Waals surface area (Å²) in [5, 5.41) is 20.1. The maximum absolute atomic E-state index is 11.6. The minimum atomic E-state index is -0.881. The summed E-state index contributed by atoms with van der Waals surface area (Å²) in [4.78, 5) is 23.2. The van der Waals surface area contributed by atoms with Gasteiger partial charge in [0.25, 0.3) is 0 Å². The van der Waals surface area contributed by atoms with Gasteiger partial charge in [0.1, 0.15) is 5.78 Å². The minimum absolute atomic E-state index is 0.156. The fourth-order valence-corrected chi connectivity index (χ4v) is 3.82. The number of carboxylic acid groups (broad SMARTS) is 1. The summed E-state index contributed by atoms with van der Waals surface area (Å²) < 4.78 is 0. The lowest BCUT2D eigenvalue weighted by molar-refractivity contribution is -0.140. The van der Waals surface area contributed by atoms with Crippen molar-refractivity contribution in [1.29, 1.82) is 0 Å². The van der Waals surface area contributed by atoms with Crippen LogP contribution in [-0.2, 0) is 16.0 Å². The molecule has 0 aromatic heterocycles. The van der Waals surface area contributed by atoms with Crippen LogP contribution in [0.25, 0.3) is 0 Å². The van der Waals surface area contributed by atoms with Crippen LogP contribution < -0.4 is 0 Å². The molecule has 1 aliphatic carbocycles. The van der Waals surface area contributed by atoms with E-state index < -0.39 is 23.4 Å². The molecule has 1 saturated carbocycles. The second-order valence-electron chi connectivity index (χ2n) is 8.77. The molecule has 1 aromatic rings. The number of allylic oxidation sites excluding steroid dienone is 2. The Kier molecular flexibility index (Phi) is 8.84. The minimum Gasteiger partial charge on any atom is -0.481 e. The van der Waals surface area contributed by atoms with Gasteiger partial charge in [0.2, 0.25) is 0 Å². The smallest absolute Gasteiger partial charge is 0.310 e. The predicted octanol–water partition coefficient (Wildman–Crippen LogP) is 4.97. The molecule has 0 heterocycles. The van der Waals surface area contributed by atoms with Gasteiger partial charge in [-0.05, 0) is 49.5 Å². The molecule has 0 bridgehead atoms. The lowest BCUT2D eigenvalue weighted by Crippen LogP contribution is -2.30. The SMILES string of the molecule is CC(C)(Cc1ccccc1)[C@H](O)C=C[C@H](CCC=CC[C@@H]1CCCC1=O)C(=O)O. The van der Waals surface area contributed by atoms with Crippen molar-refractivity contribution in [2.45, 2.75) is 64.9 Å². The van der Waals surface area contributed by atoms with E-state index in [1.807, 2.05) is 56.3 Å². The van der Waals surface area contributed by atoms with E-state index in [1.54, 1.807) is 12.2 Å². The van der Waals surface area contributed by atoms with Crippen LogP contribution in [0.1, 0.15) is 57.9 Å². The Balaban J connectivity index is 1.83. The van der Waals surface area contributed by atoms with E-state index in [9.17, 15) is 19.8 Å². The molecule has 2 rings (SSSR count). The third kappa shape index (κ3) is 7.62. The van der Waals surface area contributed by atoms with Gasteiger partial charge in [-0.25, -0.2) is 0 Å². The van der Waals surface area contributed by atoms with E-state index in [4.69, 9.17) is 0 Å². The number of aliphatic hydroxyl groups is 1. The van der Waals surface area contributed by atoms with Crippen molar-refractivity contribution in [3.8, 4) is 0 Å². The first-order valence-corrected chi connectivity index (χ1v) is 10.6. The van der Waals surface area contributed by atoms with Crippen LogP contribution in [0.3, 0.4) is 0 Å². The highest BCUT2D eigenvalue weighted by molar-refractivity contribution is 5.82. The molecule has 0 saturated heterocycles. The van der Waals surface area contributed by atoms with Crippen molar-refractivity contribution in [3.63, 3.8) is 0 Å². The highest BCUT2D eigenvalue weighted by Crippen LogP contribution is 2.28. The predicted molar refractivity (Wildman–Crippen MR) is 116 cm³/mol. The number of benzene rings is 1. The zero-order valence-corrected chi connectivity index (χ0v) is 17.6. The molecule has 4 heteroatoms. The molecule has 1 fully saturated rings. The van der Waals surface area contributed by atoms with Crippen molar-refractivity contribution < 1.29 is 19.8 Å². The Hall–Kier alpha value is -2.20. The van der Waals surface area contributed by atoms with Gasteiger partial charge in [-0.3, -0.25) is 9.59 Å². The molecule has 3 atom stereocenters. The zero-order valence-electron chi connectivity index (χ0n) is 17.6. The first-order chi connectivity index (χ1) is 13.8. The van der Waals surface area contributed by atoms with Crippen molar-refractivity contribution in [3.05, 3.63) is 60.2 Å². The first kappa shape index (κ1) is 23.1. The maximum atomic E-state index is 11.6. The second-order valence-corrected chi connectivity index (χ2v) is 8.77. The summed E-state index contributed by atoms with van der Waals surface area (Å²) in [5.41, 5.74) is 0.750. The molecule has 0 aliphatic heterocycles.